The fourth-order valence-electron chi connectivity index (χ4n) is 2.72. The first-order valence-corrected chi connectivity index (χ1v) is 7.60. The Labute approximate surface area is 125 Å². The number of rotatable bonds is 5. The van der Waals surface area contributed by atoms with Crippen LogP contribution in [0.15, 0.2) is 18.2 Å². The number of carbonyl (C=O) groups is 1. The van der Waals surface area contributed by atoms with Gasteiger partial charge >= 0.3 is 0 Å². The van der Waals surface area contributed by atoms with Gasteiger partial charge in [0.1, 0.15) is 5.82 Å². The van der Waals surface area contributed by atoms with Gasteiger partial charge in [-0.15, -0.1) is 0 Å². The maximum atomic E-state index is 13.9. The summed E-state index contributed by atoms with van der Waals surface area (Å²) in [7, 11) is 0. The third kappa shape index (κ3) is 3.73. The molecule has 0 spiro atoms. The lowest BCUT2D eigenvalue weighted by Gasteiger charge is -2.33. The molecular formula is C16H23FN2O2. The number of halogens is 1. The fourth-order valence-corrected chi connectivity index (χ4v) is 2.72. The molecule has 0 saturated carbocycles. The number of hydrogen-bond acceptors (Lipinski definition) is 3. The molecule has 1 atom stereocenters. The number of amides is 1. The lowest BCUT2D eigenvalue weighted by molar-refractivity contribution is 0.00726. The summed E-state index contributed by atoms with van der Waals surface area (Å²) in [6.07, 6.45) is 1.98. The van der Waals surface area contributed by atoms with E-state index in [2.05, 4.69) is 5.32 Å². The predicted octanol–water partition coefficient (Wildman–Crippen LogP) is 2.90. The summed E-state index contributed by atoms with van der Waals surface area (Å²) in [5.74, 6) is -0.518. The molecule has 1 aliphatic rings. The molecule has 5 heteroatoms. The molecule has 1 aromatic rings. The molecule has 1 aliphatic heterocycles. The van der Waals surface area contributed by atoms with Crippen molar-refractivity contribution in [2.75, 3.05) is 31.6 Å². The molecule has 0 radical (unpaired) electrons. The summed E-state index contributed by atoms with van der Waals surface area (Å²) in [4.78, 5) is 14.4. The van der Waals surface area contributed by atoms with Crippen molar-refractivity contribution in [3.63, 3.8) is 0 Å². The van der Waals surface area contributed by atoms with Crippen LogP contribution in [-0.4, -0.2) is 43.2 Å². The van der Waals surface area contributed by atoms with E-state index in [1.165, 1.54) is 6.07 Å². The average molecular weight is 294 g/mol. The van der Waals surface area contributed by atoms with Crippen molar-refractivity contribution >= 4 is 11.6 Å². The molecule has 1 unspecified atom stereocenters. The first-order chi connectivity index (χ1) is 10.2. The lowest BCUT2D eigenvalue weighted by atomic mass is 10.1. The highest BCUT2D eigenvalue weighted by atomic mass is 19.1. The monoisotopic (exact) mass is 294 g/mol. The fraction of sp³-hybridized carbons (Fsp3) is 0.562. The SMILES string of the molecule is CCNc1c(F)cccc1C(=O)N1CCCC(OCC)C1. The number of nitrogens with zero attached hydrogens (tertiary/aromatic N) is 1. The van der Waals surface area contributed by atoms with Crippen molar-refractivity contribution in [1.82, 2.24) is 4.90 Å². The third-order valence-corrected chi connectivity index (χ3v) is 3.67. The Bertz CT molecular complexity index is 491. The van der Waals surface area contributed by atoms with E-state index >= 15 is 0 Å². The van der Waals surface area contributed by atoms with Gasteiger partial charge < -0.3 is 15.0 Å². The van der Waals surface area contributed by atoms with Crippen molar-refractivity contribution in [1.29, 1.82) is 0 Å². The summed E-state index contributed by atoms with van der Waals surface area (Å²) in [6.45, 7) is 6.33. The molecule has 2 rings (SSSR count). The van der Waals surface area contributed by atoms with Crippen molar-refractivity contribution in [3.05, 3.63) is 29.6 Å². The zero-order chi connectivity index (χ0) is 15.2. The number of ether oxygens (including phenoxy) is 1. The summed E-state index contributed by atoms with van der Waals surface area (Å²) in [6, 6.07) is 4.62. The first-order valence-electron chi connectivity index (χ1n) is 7.60. The van der Waals surface area contributed by atoms with Crippen LogP contribution in [-0.2, 0) is 4.74 Å². The van der Waals surface area contributed by atoms with Gasteiger partial charge in [0, 0.05) is 26.2 Å². The third-order valence-electron chi connectivity index (χ3n) is 3.67. The van der Waals surface area contributed by atoms with Crippen molar-refractivity contribution in [2.45, 2.75) is 32.8 Å². The maximum Gasteiger partial charge on any atom is 0.256 e. The Balaban J connectivity index is 2.17. The Kier molecular flexibility index (Phi) is 5.56. The van der Waals surface area contributed by atoms with Gasteiger partial charge in [-0.3, -0.25) is 4.79 Å². The normalized spacial score (nSPS) is 18.6. The quantitative estimate of drug-likeness (QED) is 0.908. The van der Waals surface area contributed by atoms with Gasteiger partial charge in [0.15, 0.2) is 0 Å². The summed E-state index contributed by atoms with van der Waals surface area (Å²) < 4.78 is 19.5. The number of carbonyl (C=O) groups excluding carboxylic acids is 1. The number of piperidine rings is 1. The topological polar surface area (TPSA) is 41.6 Å². The van der Waals surface area contributed by atoms with Crippen LogP contribution in [0.1, 0.15) is 37.0 Å². The van der Waals surface area contributed by atoms with E-state index in [9.17, 15) is 9.18 Å². The second kappa shape index (κ2) is 7.41. The van der Waals surface area contributed by atoms with E-state index in [0.29, 0.717) is 37.5 Å². The minimum absolute atomic E-state index is 0.0869. The van der Waals surface area contributed by atoms with E-state index < -0.39 is 0 Å². The van der Waals surface area contributed by atoms with Crippen LogP contribution >= 0.6 is 0 Å². The highest BCUT2D eigenvalue weighted by Crippen LogP contribution is 2.23. The van der Waals surface area contributed by atoms with Gasteiger partial charge in [-0.2, -0.15) is 0 Å². The molecule has 1 heterocycles. The van der Waals surface area contributed by atoms with Crippen LogP contribution in [0.3, 0.4) is 0 Å². The smallest absolute Gasteiger partial charge is 0.256 e. The molecule has 1 amide bonds. The summed E-state index contributed by atoms with van der Waals surface area (Å²) >= 11 is 0. The molecule has 1 aromatic carbocycles. The Morgan fingerprint density at radius 3 is 3.00 bits per heavy atom. The Morgan fingerprint density at radius 2 is 2.29 bits per heavy atom. The second-order valence-electron chi connectivity index (χ2n) is 5.16. The van der Waals surface area contributed by atoms with E-state index in [-0.39, 0.29) is 17.8 Å². The lowest BCUT2D eigenvalue weighted by Crippen LogP contribution is -2.43. The highest BCUT2D eigenvalue weighted by molar-refractivity contribution is 5.99. The van der Waals surface area contributed by atoms with Gasteiger partial charge in [-0.25, -0.2) is 4.39 Å². The van der Waals surface area contributed by atoms with Gasteiger partial charge in [0.2, 0.25) is 0 Å². The van der Waals surface area contributed by atoms with E-state index in [4.69, 9.17) is 4.74 Å². The van der Waals surface area contributed by atoms with Crippen molar-refractivity contribution < 1.29 is 13.9 Å². The van der Waals surface area contributed by atoms with Gasteiger partial charge in [0.05, 0.1) is 17.4 Å². The molecule has 0 bridgehead atoms. The molecular weight excluding hydrogens is 271 g/mol. The number of benzene rings is 1. The van der Waals surface area contributed by atoms with Gasteiger partial charge in [-0.05, 0) is 38.8 Å². The number of para-hydroxylation sites is 1. The van der Waals surface area contributed by atoms with Crippen LogP contribution in [0.5, 0.6) is 0 Å². The van der Waals surface area contributed by atoms with Crippen LogP contribution in [0.4, 0.5) is 10.1 Å². The number of anilines is 1. The van der Waals surface area contributed by atoms with Gasteiger partial charge in [0.25, 0.3) is 5.91 Å². The second-order valence-corrected chi connectivity index (χ2v) is 5.16. The molecule has 116 valence electrons. The van der Waals surface area contributed by atoms with Crippen molar-refractivity contribution in [3.8, 4) is 0 Å². The minimum Gasteiger partial charge on any atom is -0.382 e. The van der Waals surface area contributed by atoms with E-state index in [1.807, 2.05) is 13.8 Å². The predicted molar refractivity (Wildman–Crippen MR) is 81.1 cm³/mol. The van der Waals surface area contributed by atoms with E-state index in [0.717, 1.165) is 12.8 Å². The number of likely N-dealkylation sites (tertiary alicyclic amines) is 1. The molecule has 1 N–H and O–H groups in total. The number of hydrogen-bond donors (Lipinski definition) is 1. The average Bonchev–Trinajstić information content (AvgIpc) is 2.49. The molecule has 1 saturated heterocycles. The largest absolute Gasteiger partial charge is 0.382 e. The minimum atomic E-state index is -0.388. The van der Waals surface area contributed by atoms with Crippen molar-refractivity contribution in [2.24, 2.45) is 0 Å². The molecule has 0 aromatic heterocycles. The molecule has 21 heavy (non-hydrogen) atoms. The van der Waals surface area contributed by atoms with Gasteiger partial charge in [-0.1, -0.05) is 6.07 Å². The Hall–Kier alpha value is -1.62. The number of nitrogens with one attached hydrogen (secondary N) is 1. The molecule has 1 fully saturated rings. The summed E-state index contributed by atoms with van der Waals surface area (Å²) in [5, 5.41) is 2.95. The van der Waals surface area contributed by atoms with Crippen LogP contribution in [0.25, 0.3) is 0 Å². The highest BCUT2D eigenvalue weighted by Gasteiger charge is 2.26. The van der Waals surface area contributed by atoms with Crippen LogP contribution in [0, 0.1) is 5.82 Å². The van der Waals surface area contributed by atoms with Crippen LogP contribution < -0.4 is 5.32 Å². The van der Waals surface area contributed by atoms with Crippen LogP contribution in [0.2, 0.25) is 0 Å². The Morgan fingerprint density at radius 1 is 1.48 bits per heavy atom. The molecule has 0 aliphatic carbocycles. The zero-order valence-electron chi connectivity index (χ0n) is 12.7. The standard InChI is InChI=1S/C16H23FN2O2/c1-3-18-15-13(8-5-9-14(15)17)16(20)19-10-6-7-12(11-19)21-4-2/h5,8-9,12,18H,3-4,6-7,10-11H2,1-2H3. The summed E-state index contributed by atoms with van der Waals surface area (Å²) in [5.41, 5.74) is 0.692. The zero-order valence-corrected chi connectivity index (χ0v) is 12.7. The maximum absolute atomic E-state index is 13.9. The van der Waals surface area contributed by atoms with E-state index in [1.54, 1.807) is 17.0 Å². The molecule has 4 nitrogen and oxygen atoms in total. The first kappa shape index (κ1) is 15.8.